The number of nitrogens with one attached hydrogen (secondary N) is 1. The van der Waals surface area contributed by atoms with Gasteiger partial charge in [-0.05, 0) is 49.2 Å². The first-order chi connectivity index (χ1) is 15.0. The molecule has 2 heterocycles. The fourth-order valence-corrected chi connectivity index (χ4v) is 3.68. The van der Waals surface area contributed by atoms with E-state index in [1.165, 1.54) is 28.9 Å². The van der Waals surface area contributed by atoms with Crippen molar-refractivity contribution in [3.8, 4) is 11.4 Å². The van der Waals surface area contributed by atoms with Crippen LogP contribution < -0.4 is 20.5 Å². The summed E-state index contributed by atoms with van der Waals surface area (Å²) in [5.41, 5.74) is 0.747. The lowest BCUT2D eigenvalue weighted by Gasteiger charge is -2.32. The summed E-state index contributed by atoms with van der Waals surface area (Å²) in [6.45, 7) is 1.26. The van der Waals surface area contributed by atoms with Gasteiger partial charge in [-0.3, -0.25) is 9.59 Å². The molecule has 1 N–H and O–H groups in total. The fourth-order valence-electron chi connectivity index (χ4n) is 3.68. The zero-order chi connectivity index (χ0) is 21.8. The van der Waals surface area contributed by atoms with Crippen molar-refractivity contribution in [2.45, 2.75) is 12.8 Å². The van der Waals surface area contributed by atoms with Gasteiger partial charge in [0, 0.05) is 36.8 Å². The Hall–Kier alpha value is -3.68. The molecule has 1 aliphatic heterocycles. The van der Waals surface area contributed by atoms with Crippen molar-refractivity contribution >= 4 is 17.4 Å². The van der Waals surface area contributed by atoms with Crippen LogP contribution in [-0.4, -0.2) is 35.9 Å². The summed E-state index contributed by atoms with van der Waals surface area (Å²) in [4.78, 5) is 26.9. The maximum Gasteiger partial charge on any atom is 0.271 e. The maximum absolute atomic E-state index is 13.6. The first kappa shape index (κ1) is 20.6. The molecule has 8 heteroatoms. The van der Waals surface area contributed by atoms with E-state index >= 15 is 0 Å². The van der Waals surface area contributed by atoms with Gasteiger partial charge in [-0.15, -0.1) is 5.10 Å². The summed E-state index contributed by atoms with van der Waals surface area (Å²) >= 11 is 0. The first-order valence-electron chi connectivity index (χ1n) is 10.1. The van der Waals surface area contributed by atoms with Crippen molar-refractivity contribution in [2.75, 3.05) is 30.4 Å². The largest absolute Gasteiger partial charge is 0.497 e. The van der Waals surface area contributed by atoms with Gasteiger partial charge in [0.15, 0.2) is 0 Å². The third-order valence-electron chi connectivity index (χ3n) is 5.37. The van der Waals surface area contributed by atoms with Gasteiger partial charge in [-0.25, -0.2) is 4.39 Å². The van der Waals surface area contributed by atoms with Crippen molar-refractivity contribution in [1.29, 1.82) is 0 Å². The van der Waals surface area contributed by atoms with Crippen LogP contribution >= 0.6 is 0 Å². The number of anilines is 2. The molecule has 7 nitrogen and oxygen atoms in total. The summed E-state index contributed by atoms with van der Waals surface area (Å²) in [5, 5.41) is 7.36. The molecule has 0 unspecified atom stereocenters. The second kappa shape index (κ2) is 8.99. The van der Waals surface area contributed by atoms with Crippen molar-refractivity contribution < 1.29 is 13.9 Å². The predicted octanol–water partition coefficient (Wildman–Crippen LogP) is 3.24. The Morgan fingerprint density at radius 3 is 2.61 bits per heavy atom. The molecule has 4 rings (SSSR count). The number of hydrogen-bond acceptors (Lipinski definition) is 5. The van der Waals surface area contributed by atoms with E-state index in [1.807, 2.05) is 23.1 Å². The molecule has 1 aromatic heterocycles. The van der Waals surface area contributed by atoms with Gasteiger partial charge in [0.2, 0.25) is 5.91 Å². The Bertz CT molecular complexity index is 1140. The van der Waals surface area contributed by atoms with Crippen LogP contribution in [0, 0.1) is 11.7 Å². The molecule has 0 saturated carbocycles. The van der Waals surface area contributed by atoms with Gasteiger partial charge in [0.05, 0.1) is 12.8 Å². The number of aromatic nitrogens is 2. The number of rotatable bonds is 5. The van der Waals surface area contributed by atoms with Crippen LogP contribution in [0.3, 0.4) is 0 Å². The minimum atomic E-state index is -0.431. The Balaban J connectivity index is 1.42. The molecule has 0 bridgehead atoms. The minimum absolute atomic E-state index is 0.0226. The van der Waals surface area contributed by atoms with Gasteiger partial charge < -0.3 is 15.0 Å². The number of nitrogens with zero attached hydrogens (tertiary/aromatic N) is 3. The number of ether oxygens (including phenoxy) is 1. The molecule has 1 amide bonds. The summed E-state index contributed by atoms with van der Waals surface area (Å²) < 4.78 is 19.9. The average molecular weight is 422 g/mol. The number of piperidine rings is 1. The highest BCUT2D eigenvalue weighted by atomic mass is 19.1. The molecule has 31 heavy (non-hydrogen) atoms. The molecule has 160 valence electrons. The number of halogens is 1. The van der Waals surface area contributed by atoms with Crippen LogP contribution in [0.4, 0.5) is 15.9 Å². The molecule has 1 fully saturated rings. The molecular formula is C23H23FN4O3. The monoisotopic (exact) mass is 422 g/mol. The summed E-state index contributed by atoms with van der Waals surface area (Å²) in [7, 11) is 1.59. The standard InChI is InChI=1S/C23H23FN4O3/c1-31-20-7-3-5-18(15-20)25-23(30)16-10-12-27(13-11-16)21-8-9-22(29)28(26-21)19-6-2-4-17(24)14-19/h2-9,14-16H,10-13H2,1H3,(H,25,30). The van der Waals surface area contributed by atoms with Crippen LogP contribution in [0.1, 0.15) is 12.8 Å². The van der Waals surface area contributed by atoms with E-state index in [0.717, 1.165) is 0 Å². The number of carbonyl (C=O) groups excluding carboxylic acids is 1. The van der Waals surface area contributed by atoms with Gasteiger partial charge >= 0.3 is 0 Å². The van der Waals surface area contributed by atoms with E-state index < -0.39 is 5.82 Å². The first-order valence-corrected chi connectivity index (χ1v) is 10.1. The van der Waals surface area contributed by atoms with Gasteiger partial charge in [0.25, 0.3) is 5.56 Å². The molecule has 0 radical (unpaired) electrons. The Morgan fingerprint density at radius 1 is 1.10 bits per heavy atom. The number of benzene rings is 2. The number of carbonyl (C=O) groups is 1. The molecule has 2 aromatic carbocycles. The lowest BCUT2D eigenvalue weighted by molar-refractivity contribution is -0.120. The van der Waals surface area contributed by atoms with E-state index in [4.69, 9.17) is 4.74 Å². The van der Waals surface area contributed by atoms with Crippen LogP contribution in [0.25, 0.3) is 5.69 Å². The number of methoxy groups -OCH3 is 1. The van der Waals surface area contributed by atoms with Crippen LogP contribution in [0.15, 0.2) is 65.5 Å². The summed E-state index contributed by atoms with van der Waals surface area (Å²) in [6.07, 6.45) is 1.33. The van der Waals surface area contributed by atoms with E-state index in [-0.39, 0.29) is 17.4 Å². The number of hydrogen-bond donors (Lipinski definition) is 1. The Morgan fingerprint density at radius 2 is 1.87 bits per heavy atom. The topological polar surface area (TPSA) is 76.5 Å². The third kappa shape index (κ3) is 4.74. The van der Waals surface area contributed by atoms with Crippen molar-refractivity contribution in [3.63, 3.8) is 0 Å². The molecule has 1 aliphatic rings. The van der Waals surface area contributed by atoms with Gasteiger partial charge in [0.1, 0.15) is 17.4 Å². The Labute approximate surface area is 179 Å². The smallest absolute Gasteiger partial charge is 0.271 e. The van der Waals surface area contributed by atoms with E-state index in [9.17, 15) is 14.0 Å². The molecule has 1 saturated heterocycles. The van der Waals surface area contributed by atoms with E-state index in [0.29, 0.717) is 48.9 Å². The zero-order valence-electron chi connectivity index (χ0n) is 17.1. The highest BCUT2D eigenvalue weighted by Gasteiger charge is 2.26. The SMILES string of the molecule is COc1cccc(NC(=O)C2CCN(c3ccc(=O)n(-c4cccc(F)c4)n3)CC2)c1. The number of amides is 1. The van der Waals surface area contributed by atoms with Crippen molar-refractivity contribution in [1.82, 2.24) is 9.78 Å². The normalized spacial score (nSPS) is 14.3. The van der Waals surface area contributed by atoms with Gasteiger partial charge in [-0.2, -0.15) is 4.68 Å². The van der Waals surface area contributed by atoms with Crippen LogP contribution in [-0.2, 0) is 4.79 Å². The summed E-state index contributed by atoms with van der Waals surface area (Å²) in [5.74, 6) is 0.740. The van der Waals surface area contributed by atoms with Crippen LogP contribution in [0.5, 0.6) is 5.75 Å². The Kier molecular flexibility index (Phi) is 5.97. The molecule has 3 aromatic rings. The van der Waals surface area contributed by atoms with Crippen molar-refractivity contribution in [3.05, 3.63) is 76.8 Å². The molecular weight excluding hydrogens is 399 g/mol. The highest BCUT2D eigenvalue weighted by Crippen LogP contribution is 2.24. The predicted molar refractivity (Wildman–Crippen MR) is 116 cm³/mol. The van der Waals surface area contributed by atoms with Crippen molar-refractivity contribution in [2.24, 2.45) is 5.92 Å². The highest BCUT2D eigenvalue weighted by molar-refractivity contribution is 5.92. The second-order valence-electron chi connectivity index (χ2n) is 7.40. The molecule has 0 atom stereocenters. The van der Waals surface area contributed by atoms with Crippen LogP contribution in [0.2, 0.25) is 0 Å². The zero-order valence-corrected chi connectivity index (χ0v) is 17.1. The molecule has 0 spiro atoms. The minimum Gasteiger partial charge on any atom is -0.497 e. The average Bonchev–Trinajstić information content (AvgIpc) is 2.79. The lowest BCUT2D eigenvalue weighted by Crippen LogP contribution is -2.39. The summed E-state index contributed by atoms with van der Waals surface area (Å²) in [6, 6.07) is 16.1. The van der Waals surface area contributed by atoms with E-state index in [2.05, 4.69) is 10.4 Å². The molecule has 0 aliphatic carbocycles. The second-order valence-corrected chi connectivity index (χ2v) is 7.40. The lowest BCUT2D eigenvalue weighted by atomic mass is 9.96. The third-order valence-corrected chi connectivity index (χ3v) is 5.37. The quantitative estimate of drug-likeness (QED) is 0.683. The fraction of sp³-hybridized carbons (Fsp3) is 0.261. The van der Waals surface area contributed by atoms with Gasteiger partial charge in [-0.1, -0.05) is 12.1 Å². The van der Waals surface area contributed by atoms with E-state index in [1.54, 1.807) is 25.3 Å². The maximum atomic E-state index is 13.6.